The van der Waals surface area contributed by atoms with E-state index in [0.29, 0.717) is 10.2 Å². The van der Waals surface area contributed by atoms with Gasteiger partial charge in [-0.25, -0.2) is 8.42 Å². The first kappa shape index (κ1) is 14.9. The smallest absolute Gasteiger partial charge is 0.321 e. The second-order valence-corrected chi connectivity index (χ2v) is 6.01. The summed E-state index contributed by atoms with van der Waals surface area (Å²) < 4.78 is 31.1. The van der Waals surface area contributed by atoms with Crippen LogP contribution in [-0.4, -0.2) is 32.6 Å². The highest BCUT2D eigenvalue weighted by Gasteiger charge is 2.23. The molecule has 6 nitrogen and oxygen atoms in total. The molecule has 8 heteroatoms. The topological polar surface area (TPSA) is 92.7 Å². The number of carbonyl (C=O) groups is 1. The van der Waals surface area contributed by atoms with Gasteiger partial charge in [0.2, 0.25) is 10.0 Å². The molecule has 2 N–H and O–H groups in total. The summed E-state index contributed by atoms with van der Waals surface area (Å²) in [6, 6.07) is 3.09. The van der Waals surface area contributed by atoms with Crippen LogP contribution in [0.15, 0.2) is 27.6 Å². The minimum absolute atomic E-state index is 0.0450. The number of hydrogen-bond donors (Lipinski definition) is 2. The molecule has 18 heavy (non-hydrogen) atoms. The van der Waals surface area contributed by atoms with Gasteiger partial charge in [-0.05, 0) is 41.1 Å². The molecule has 1 aromatic carbocycles. The Labute approximate surface area is 113 Å². The predicted molar refractivity (Wildman–Crippen MR) is 68.1 cm³/mol. The minimum atomic E-state index is -3.89. The van der Waals surface area contributed by atoms with Gasteiger partial charge in [0, 0.05) is 4.47 Å². The van der Waals surface area contributed by atoms with Crippen LogP contribution in [0.1, 0.15) is 6.92 Å². The number of halogens is 1. The maximum Gasteiger partial charge on any atom is 0.321 e. The zero-order chi connectivity index (χ0) is 13.9. The van der Waals surface area contributed by atoms with Gasteiger partial charge in [0.05, 0.1) is 12.0 Å². The van der Waals surface area contributed by atoms with Crippen molar-refractivity contribution >= 4 is 31.9 Å². The quantitative estimate of drug-likeness (QED) is 0.842. The highest BCUT2D eigenvalue weighted by atomic mass is 79.9. The molecule has 0 fully saturated rings. The SMILES string of the molecule is COc1ccc(S(=O)(=O)N[C@H](C)C(=O)O)c(Br)c1. The third-order valence-corrected chi connectivity index (χ3v) is 4.65. The van der Waals surface area contributed by atoms with E-state index < -0.39 is 22.0 Å². The van der Waals surface area contributed by atoms with Gasteiger partial charge < -0.3 is 9.84 Å². The van der Waals surface area contributed by atoms with Crippen LogP contribution in [0.2, 0.25) is 0 Å². The minimum Gasteiger partial charge on any atom is -0.497 e. The van der Waals surface area contributed by atoms with Gasteiger partial charge >= 0.3 is 5.97 Å². The lowest BCUT2D eigenvalue weighted by molar-refractivity contribution is -0.138. The van der Waals surface area contributed by atoms with Gasteiger partial charge in [0.15, 0.2) is 0 Å². The number of carboxylic acids is 1. The molecule has 0 saturated heterocycles. The third-order valence-electron chi connectivity index (χ3n) is 2.13. The standard InChI is InChI=1S/C10H12BrNO5S/c1-6(10(13)14)12-18(15,16)9-4-3-7(17-2)5-8(9)11/h3-6,12H,1-2H3,(H,13,14)/t6-/m1/s1. The molecule has 0 aliphatic carbocycles. The normalized spacial score (nSPS) is 13.1. The first-order valence-corrected chi connectivity index (χ1v) is 7.14. The average Bonchev–Trinajstić information content (AvgIpc) is 2.27. The van der Waals surface area contributed by atoms with Crippen LogP contribution >= 0.6 is 15.9 Å². The molecule has 0 heterocycles. The Morgan fingerprint density at radius 2 is 2.11 bits per heavy atom. The summed E-state index contributed by atoms with van der Waals surface area (Å²) in [5.74, 6) is -0.754. The maximum atomic E-state index is 11.9. The first-order valence-electron chi connectivity index (χ1n) is 4.86. The number of hydrogen-bond acceptors (Lipinski definition) is 4. The summed E-state index contributed by atoms with van der Waals surface area (Å²) in [4.78, 5) is 10.6. The number of ether oxygens (including phenoxy) is 1. The molecule has 0 aromatic heterocycles. The molecule has 1 aromatic rings. The van der Waals surface area contributed by atoms with Crippen LogP contribution in [0.4, 0.5) is 0 Å². The van der Waals surface area contributed by atoms with Crippen molar-refractivity contribution in [3.63, 3.8) is 0 Å². The molecule has 0 unspecified atom stereocenters. The maximum absolute atomic E-state index is 11.9. The molecule has 0 amide bonds. The second kappa shape index (κ2) is 5.68. The summed E-state index contributed by atoms with van der Waals surface area (Å²) in [6.07, 6.45) is 0. The Morgan fingerprint density at radius 3 is 2.56 bits per heavy atom. The van der Waals surface area contributed by atoms with Crippen molar-refractivity contribution in [2.75, 3.05) is 7.11 Å². The fourth-order valence-electron chi connectivity index (χ4n) is 1.17. The molecule has 0 bridgehead atoms. The number of benzene rings is 1. The molecular formula is C10H12BrNO5S. The van der Waals surface area contributed by atoms with Crippen molar-refractivity contribution in [1.29, 1.82) is 0 Å². The monoisotopic (exact) mass is 337 g/mol. The number of methoxy groups -OCH3 is 1. The van der Waals surface area contributed by atoms with Gasteiger partial charge in [0.1, 0.15) is 11.8 Å². The Bertz CT molecular complexity index is 557. The summed E-state index contributed by atoms with van der Waals surface area (Å²) in [5, 5.41) is 8.69. The fraction of sp³-hybridized carbons (Fsp3) is 0.300. The summed E-state index contributed by atoms with van der Waals surface area (Å²) in [7, 11) is -2.43. The fourth-order valence-corrected chi connectivity index (χ4v) is 3.43. The molecule has 0 spiro atoms. The molecule has 0 aliphatic heterocycles. The van der Waals surface area contributed by atoms with Gasteiger partial charge in [-0.2, -0.15) is 4.72 Å². The molecule has 0 saturated carbocycles. The van der Waals surface area contributed by atoms with Crippen molar-refractivity contribution in [3.05, 3.63) is 22.7 Å². The zero-order valence-corrected chi connectivity index (χ0v) is 12.1. The van der Waals surface area contributed by atoms with E-state index in [1.807, 2.05) is 0 Å². The number of rotatable bonds is 5. The van der Waals surface area contributed by atoms with E-state index in [1.54, 1.807) is 0 Å². The summed E-state index contributed by atoms with van der Waals surface area (Å²) in [6.45, 7) is 1.25. The average molecular weight is 338 g/mol. The van der Waals surface area contributed by atoms with Crippen molar-refractivity contribution in [3.8, 4) is 5.75 Å². The molecule has 1 rings (SSSR count). The Morgan fingerprint density at radius 1 is 1.50 bits per heavy atom. The number of aliphatic carboxylic acids is 1. The molecule has 1 atom stereocenters. The largest absolute Gasteiger partial charge is 0.497 e. The molecule has 0 radical (unpaired) electrons. The lowest BCUT2D eigenvalue weighted by Gasteiger charge is -2.12. The van der Waals surface area contributed by atoms with E-state index >= 15 is 0 Å². The van der Waals surface area contributed by atoms with Crippen LogP contribution in [0.3, 0.4) is 0 Å². The lowest BCUT2D eigenvalue weighted by atomic mass is 10.3. The van der Waals surface area contributed by atoms with E-state index in [9.17, 15) is 13.2 Å². The van der Waals surface area contributed by atoms with Crippen LogP contribution < -0.4 is 9.46 Å². The van der Waals surface area contributed by atoms with E-state index in [-0.39, 0.29) is 4.90 Å². The predicted octanol–water partition coefficient (Wildman–Crippen LogP) is 1.21. The lowest BCUT2D eigenvalue weighted by Crippen LogP contribution is -2.38. The van der Waals surface area contributed by atoms with Gasteiger partial charge in [-0.15, -0.1) is 0 Å². The first-order chi connectivity index (χ1) is 8.27. The highest BCUT2D eigenvalue weighted by Crippen LogP contribution is 2.26. The summed E-state index contributed by atoms with van der Waals surface area (Å²) in [5.41, 5.74) is 0. The number of sulfonamides is 1. The van der Waals surface area contributed by atoms with Crippen LogP contribution in [0.25, 0.3) is 0 Å². The summed E-state index contributed by atoms with van der Waals surface area (Å²) >= 11 is 3.10. The van der Waals surface area contributed by atoms with Crippen molar-refractivity contribution in [2.24, 2.45) is 0 Å². The van der Waals surface area contributed by atoms with E-state index in [2.05, 4.69) is 20.7 Å². The van der Waals surface area contributed by atoms with Crippen molar-refractivity contribution < 1.29 is 23.1 Å². The number of nitrogens with one attached hydrogen (secondary N) is 1. The third kappa shape index (κ3) is 3.44. The van der Waals surface area contributed by atoms with Crippen molar-refractivity contribution in [1.82, 2.24) is 4.72 Å². The van der Waals surface area contributed by atoms with E-state index in [4.69, 9.17) is 9.84 Å². The van der Waals surface area contributed by atoms with Crippen LogP contribution in [0.5, 0.6) is 5.75 Å². The van der Waals surface area contributed by atoms with E-state index in [1.165, 1.54) is 32.2 Å². The Hall–Kier alpha value is -1.12. The zero-order valence-electron chi connectivity index (χ0n) is 9.68. The van der Waals surface area contributed by atoms with Gasteiger partial charge in [-0.1, -0.05) is 0 Å². The van der Waals surface area contributed by atoms with Crippen LogP contribution in [-0.2, 0) is 14.8 Å². The molecule has 0 aliphatic rings. The van der Waals surface area contributed by atoms with Crippen molar-refractivity contribution in [2.45, 2.75) is 17.9 Å². The van der Waals surface area contributed by atoms with Gasteiger partial charge in [-0.3, -0.25) is 4.79 Å². The Balaban J connectivity index is 3.09. The molecular weight excluding hydrogens is 326 g/mol. The molecule has 100 valence electrons. The van der Waals surface area contributed by atoms with Gasteiger partial charge in [0.25, 0.3) is 0 Å². The van der Waals surface area contributed by atoms with E-state index in [0.717, 1.165) is 0 Å². The highest BCUT2D eigenvalue weighted by molar-refractivity contribution is 9.10. The number of carboxylic acid groups (broad SMARTS) is 1. The van der Waals surface area contributed by atoms with Crippen LogP contribution in [0, 0.1) is 0 Å². The second-order valence-electron chi connectivity index (χ2n) is 3.48. The Kier molecular flexibility index (Phi) is 4.71.